The van der Waals surface area contributed by atoms with Crippen molar-refractivity contribution >= 4 is 46.7 Å². The second kappa shape index (κ2) is 15.1. The molecule has 0 saturated heterocycles. The van der Waals surface area contributed by atoms with E-state index in [4.69, 9.17) is 33.0 Å². The Morgan fingerprint density at radius 2 is 0.976 bits per heavy atom. The molecule has 4 aromatic rings. The Bertz CT molecular complexity index is 1590. The van der Waals surface area contributed by atoms with Gasteiger partial charge in [-0.25, -0.2) is 9.59 Å². The summed E-state index contributed by atoms with van der Waals surface area (Å²) in [6, 6.07) is 25.3. The molecule has 8 heteroatoms. The number of carbonyl (C=O) groups is 4. The number of carboxylic acids is 1. The van der Waals surface area contributed by atoms with Gasteiger partial charge in [-0.3, -0.25) is 9.59 Å². The molecule has 0 amide bonds. The molecule has 0 atom stereocenters. The predicted octanol–water partition coefficient (Wildman–Crippen LogP) is 8.15. The van der Waals surface area contributed by atoms with E-state index in [-0.39, 0.29) is 12.2 Å². The van der Waals surface area contributed by atoms with Crippen molar-refractivity contribution in [1.29, 1.82) is 0 Å². The quantitative estimate of drug-likeness (QED) is 0.118. The minimum Gasteiger partial charge on any atom is -0.475 e. The van der Waals surface area contributed by atoms with Crippen LogP contribution in [0.1, 0.15) is 52.6 Å². The Balaban J connectivity index is 0.000000231. The monoisotopic (exact) mass is 604 g/mol. The molecule has 0 aromatic heterocycles. The number of aryl methyl sites for hydroxylation is 2. The first kappa shape index (κ1) is 32.3. The van der Waals surface area contributed by atoms with Crippen molar-refractivity contribution in [2.75, 3.05) is 6.61 Å². The molecule has 4 rings (SSSR count). The van der Waals surface area contributed by atoms with Gasteiger partial charge in [0, 0.05) is 21.2 Å². The highest BCUT2D eigenvalue weighted by Crippen LogP contribution is 2.26. The van der Waals surface area contributed by atoms with Crippen molar-refractivity contribution < 1.29 is 29.0 Å². The summed E-state index contributed by atoms with van der Waals surface area (Å²) in [5, 5.41) is 10.2. The van der Waals surface area contributed by atoms with E-state index in [2.05, 4.69) is 0 Å². The van der Waals surface area contributed by atoms with Crippen LogP contribution in [0.5, 0.6) is 0 Å². The second-order valence-electron chi connectivity index (χ2n) is 9.15. The van der Waals surface area contributed by atoms with E-state index < -0.39 is 23.5 Å². The molecular formula is C34H30Cl2O6. The molecule has 4 aromatic carbocycles. The van der Waals surface area contributed by atoms with Gasteiger partial charge in [0.25, 0.3) is 11.6 Å². The summed E-state index contributed by atoms with van der Waals surface area (Å²) in [6.07, 6.45) is 1.27. The van der Waals surface area contributed by atoms with Crippen LogP contribution >= 0.6 is 23.2 Å². The zero-order chi connectivity index (χ0) is 30.8. The van der Waals surface area contributed by atoms with Crippen molar-refractivity contribution in [3.8, 4) is 22.3 Å². The molecule has 0 bridgehead atoms. The largest absolute Gasteiger partial charge is 0.475 e. The van der Waals surface area contributed by atoms with E-state index >= 15 is 0 Å². The van der Waals surface area contributed by atoms with Gasteiger partial charge in [0.1, 0.15) is 0 Å². The van der Waals surface area contributed by atoms with E-state index in [1.165, 1.54) is 0 Å². The maximum atomic E-state index is 12.3. The summed E-state index contributed by atoms with van der Waals surface area (Å²) in [6.45, 7) is 5.69. The molecule has 0 spiro atoms. The number of ether oxygens (including phenoxy) is 1. The van der Waals surface area contributed by atoms with Crippen LogP contribution in [0.2, 0.25) is 10.0 Å². The number of Topliss-reactive ketones (excluding diaryl/α,β-unsaturated/α-hetero) is 2. The van der Waals surface area contributed by atoms with Crippen LogP contribution in [-0.4, -0.2) is 35.2 Å². The van der Waals surface area contributed by atoms with Gasteiger partial charge in [0.2, 0.25) is 0 Å². The van der Waals surface area contributed by atoms with Gasteiger partial charge in [-0.15, -0.1) is 0 Å². The highest BCUT2D eigenvalue weighted by Gasteiger charge is 2.21. The van der Waals surface area contributed by atoms with E-state index in [1.807, 2.05) is 56.3 Å². The van der Waals surface area contributed by atoms with Gasteiger partial charge in [0.05, 0.1) is 6.61 Å². The summed E-state index contributed by atoms with van der Waals surface area (Å²) < 4.78 is 4.81. The van der Waals surface area contributed by atoms with Crippen LogP contribution in [0.4, 0.5) is 0 Å². The topological polar surface area (TPSA) is 97.7 Å². The van der Waals surface area contributed by atoms with E-state index in [9.17, 15) is 19.2 Å². The van der Waals surface area contributed by atoms with Crippen LogP contribution in [-0.2, 0) is 27.2 Å². The Labute approximate surface area is 254 Å². The molecule has 0 aliphatic carbocycles. The number of rotatable bonds is 9. The van der Waals surface area contributed by atoms with Crippen LogP contribution < -0.4 is 0 Å². The van der Waals surface area contributed by atoms with Crippen LogP contribution in [0.25, 0.3) is 22.3 Å². The first-order chi connectivity index (χ1) is 20.1. The van der Waals surface area contributed by atoms with Crippen molar-refractivity contribution in [1.82, 2.24) is 0 Å². The van der Waals surface area contributed by atoms with Gasteiger partial charge in [-0.2, -0.15) is 0 Å². The molecule has 0 radical (unpaired) electrons. The number of esters is 1. The highest BCUT2D eigenvalue weighted by molar-refractivity contribution is 6.41. The molecule has 216 valence electrons. The lowest BCUT2D eigenvalue weighted by Crippen LogP contribution is -2.19. The minimum atomic E-state index is -1.44. The standard InChI is InChI=1S/C18H17ClO3.C16H13ClO3/c1-3-12-5-6-14(13-7-9-15(19)10-8-13)11-16(12)17(20)18(21)22-4-2;1-2-10-3-4-12(9-14(10)15(18)16(19)20)11-5-7-13(17)8-6-11/h5-11H,3-4H2,1-2H3;3-9H,2H2,1H3,(H,19,20). The van der Waals surface area contributed by atoms with Crippen molar-refractivity contribution in [2.45, 2.75) is 33.6 Å². The minimum absolute atomic E-state index is 0.183. The summed E-state index contributed by atoms with van der Waals surface area (Å²) in [5.41, 5.74) is 5.68. The fourth-order valence-corrected chi connectivity index (χ4v) is 4.51. The third kappa shape index (κ3) is 8.15. The van der Waals surface area contributed by atoms with Crippen molar-refractivity contribution in [3.05, 3.63) is 117 Å². The number of benzene rings is 4. The lowest BCUT2D eigenvalue weighted by molar-refractivity contribution is -0.137. The van der Waals surface area contributed by atoms with Crippen LogP contribution in [0.15, 0.2) is 84.9 Å². The third-order valence-corrected chi connectivity index (χ3v) is 6.98. The molecule has 42 heavy (non-hydrogen) atoms. The lowest BCUT2D eigenvalue weighted by Gasteiger charge is -2.10. The number of aliphatic carboxylic acids is 1. The van der Waals surface area contributed by atoms with Gasteiger partial charge >= 0.3 is 11.9 Å². The summed E-state index contributed by atoms with van der Waals surface area (Å²) in [7, 11) is 0. The first-order valence-corrected chi connectivity index (χ1v) is 14.1. The number of ketones is 2. The average Bonchev–Trinajstić information content (AvgIpc) is 3.00. The maximum absolute atomic E-state index is 12.3. The number of halogens is 2. The maximum Gasteiger partial charge on any atom is 0.379 e. The molecule has 0 heterocycles. The smallest absolute Gasteiger partial charge is 0.379 e. The Hall–Kier alpha value is -4.26. The van der Waals surface area contributed by atoms with Gasteiger partial charge in [-0.1, -0.05) is 85.6 Å². The molecule has 0 aliphatic rings. The Kier molecular flexibility index (Phi) is 11.6. The van der Waals surface area contributed by atoms with Crippen LogP contribution in [0.3, 0.4) is 0 Å². The fourth-order valence-electron chi connectivity index (χ4n) is 4.26. The first-order valence-electron chi connectivity index (χ1n) is 13.4. The number of hydrogen-bond acceptors (Lipinski definition) is 5. The molecule has 6 nitrogen and oxygen atoms in total. The second-order valence-corrected chi connectivity index (χ2v) is 10.0. The van der Waals surface area contributed by atoms with Gasteiger partial charge in [0.15, 0.2) is 0 Å². The summed E-state index contributed by atoms with van der Waals surface area (Å²) in [5.74, 6) is -3.73. The number of hydrogen-bond donors (Lipinski definition) is 1. The SMILES string of the molecule is CCOC(=O)C(=O)c1cc(-c2ccc(Cl)cc2)ccc1CC.CCc1ccc(-c2ccc(Cl)cc2)cc1C(=O)C(=O)O. The molecular weight excluding hydrogens is 575 g/mol. The summed E-state index contributed by atoms with van der Waals surface area (Å²) >= 11 is 11.7. The molecule has 0 saturated carbocycles. The number of carbonyl (C=O) groups excluding carboxylic acids is 3. The Morgan fingerprint density at radius 3 is 1.33 bits per heavy atom. The normalized spacial score (nSPS) is 10.3. The zero-order valence-corrected chi connectivity index (χ0v) is 25.0. The van der Waals surface area contributed by atoms with Crippen molar-refractivity contribution in [3.63, 3.8) is 0 Å². The Morgan fingerprint density at radius 1 is 0.595 bits per heavy atom. The van der Waals surface area contributed by atoms with E-state index in [0.717, 1.165) is 33.4 Å². The fraction of sp³-hybridized carbons (Fsp3) is 0.176. The summed E-state index contributed by atoms with van der Waals surface area (Å²) in [4.78, 5) is 46.6. The molecule has 0 unspecified atom stereocenters. The van der Waals surface area contributed by atoms with Gasteiger partial charge in [-0.05, 0) is 89.5 Å². The lowest BCUT2D eigenvalue weighted by atomic mass is 9.95. The van der Waals surface area contributed by atoms with Crippen LogP contribution in [0, 0.1) is 0 Å². The predicted molar refractivity (Wildman–Crippen MR) is 165 cm³/mol. The van der Waals surface area contributed by atoms with E-state index in [1.54, 1.807) is 49.4 Å². The number of carboxylic acid groups (broad SMARTS) is 1. The van der Waals surface area contributed by atoms with Crippen molar-refractivity contribution in [2.24, 2.45) is 0 Å². The van der Waals surface area contributed by atoms with Gasteiger partial charge < -0.3 is 9.84 Å². The van der Waals surface area contributed by atoms with E-state index in [0.29, 0.717) is 28.5 Å². The molecule has 0 aliphatic heterocycles. The molecule has 0 fully saturated rings. The molecule has 1 N–H and O–H groups in total. The average molecular weight is 606 g/mol. The highest BCUT2D eigenvalue weighted by atomic mass is 35.5. The third-order valence-electron chi connectivity index (χ3n) is 6.48. The zero-order valence-electron chi connectivity index (χ0n) is 23.4.